The Morgan fingerprint density at radius 3 is 2.43 bits per heavy atom. The fraction of sp³-hybridized carbons (Fsp3) is 0.235. The van der Waals surface area contributed by atoms with Gasteiger partial charge in [-0.2, -0.15) is 5.26 Å². The first-order chi connectivity index (χ1) is 10.2. The maximum atomic E-state index is 12.9. The van der Waals surface area contributed by atoms with Crippen LogP contribution in [0.15, 0.2) is 40.8 Å². The van der Waals surface area contributed by atoms with Gasteiger partial charge in [0, 0.05) is 19.2 Å². The van der Waals surface area contributed by atoms with Crippen molar-refractivity contribution in [3.8, 4) is 6.07 Å². The maximum Gasteiger partial charge on any atom is 0.196 e. The van der Waals surface area contributed by atoms with Gasteiger partial charge in [0.2, 0.25) is 0 Å². The molecule has 0 spiro atoms. The van der Waals surface area contributed by atoms with Crippen LogP contribution < -0.4 is 4.90 Å². The molecule has 0 saturated carbocycles. The Balaban J connectivity index is 2.29. The van der Waals surface area contributed by atoms with E-state index in [-0.39, 0.29) is 5.82 Å². The van der Waals surface area contributed by atoms with Crippen LogP contribution in [0.1, 0.15) is 25.2 Å². The zero-order valence-electron chi connectivity index (χ0n) is 12.1. The van der Waals surface area contributed by atoms with Crippen molar-refractivity contribution in [1.82, 2.24) is 0 Å². The predicted molar refractivity (Wildman–Crippen MR) is 82.2 cm³/mol. The molecule has 0 fully saturated rings. The van der Waals surface area contributed by atoms with Crippen molar-refractivity contribution >= 4 is 17.5 Å². The molecule has 4 heteroatoms. The van der Waals surface area contributed by atoms with Gasteiger partial charge in [-0.1, -0.05) is 12.1 Å². The molecule has 0 aliphatic heterocycles. The predicted octanol–water partition coefficient (Wildman–Crippen LogP) is 4.33. The normalized spacial score (nSPS) is 11.2. The van der Waals surface area contributed by atoms with E-state index in [1.807, 2.05) is 12.1 Å². The Kier molecular flexibility index (Phi) is 4.78. The number of nitriles is 1. The number of hydrogen-bond acceptors (Lipinski definition) is 3. The zero-order valence-corrected chi connectivity index (χ0v) is 12.1. The number of anilines is 1. The summed E-state index contributed by atoms with van der Waals surface area (Å²) in [5.74, 6) is 1.07. The number of hydrogen-bond donors (Lipinski definition) is 0. The van der Waals surface area contributed by atoms with E-state index in [0.29, 0.717) is 16.9 Å². The molecule has 0 unspecified atom stereocenters. The summed E-state index contributed by atoms with van der Waals surface area (Å²) in [4.78, 5) is 2.08. The average Bonchev–Trinajstić information content (AvgIpc) is 2.96. The lowest BCUT2D eigenvalue weighted by molar-refractivity contribution is 0.541. The highest BCUT2D eigenvalue weighted by Crippen LogP contribution is 2.23. The van der Waals surface area contributed by atoms with Crippen LogP contribution >= 0.6 is 0 Å². The molecule has 0 aliphatic rings. The molecule has 1 aromatic heterocycles. The van der Waals surface area contributed by atoms with Crippen molar-refractivity contribution in [2.75, 3.05) is 18.0 Å². The number of benzene rings is 1. The zero-order chi connectivity index (χ0) is 15.2. The molecular weight excluding hydrogens is 267 g/mol. The van der Waals surface area contributed by atoms with E-state index in [9.17, 15) is 9.65 Å². The molecule has 0 bridgehead atoms. The van der Waals surface area contributed by atoms with Gasteiger partial charge in [0.25, 0.3) is 0 Å². The second-order valence-corrected chi connectivity index (χ2v) is 4.53. The van der Waals surface area contributed by atoms with E-state index in [1.165, 1.54) is 12.1 Å². The smallest absolute Gasteiger partial charge is 0.196 e. The van der Waals surface area contributed by atoms with Gasteiger partial charge in [-0.05, 0) is 43.7 Å². The van der Waals surface area contributed by atoms with Crippen LogP contribution in [-0.2, 0) is 0 Å². The van der Waals surface area contributed by atoms with Gasteiger partial charge < -0.3 is 9.32 Å². The van der Waals surface area contributed by atoms with E-state index in [1.54, 1.807) is 18.2 Å². The first-order valence-electron chi connectivity index (χ1n) is 6.90. The third-order valence-electron chi connectivity index (χ3n) is 3.25. The highest BCUT2D eigenvalue weighted by Gasteiger charge is 2.08. The van der Waals surface area contributed by atoms with Crippen molar-refractivity contribution < 1.29 is 8.81 Å². The number of halogens is 1. The van der Waals surface area contributed by atoms with Crippen LogP contribution in [-0.4, -0.2) is 13.1 Å². The van der Waals surface area contributed by atoms with Crippen LogP contribution in [0.2, 0.25) is 0 Å². The van der Waals surface area contributed by atoms with E-state index < -0.39 is 0 Å². The molecule has 0 saturated heterocycles. The summed E-state index contributed by atoms with van der Waals surface area (Å²) in [5, 5.41) is 9.25. The SMILES string of the molecule is CCN(CC)c1ccc(C=C(C#N)c2ccc(F)cc2)o1. The summed E-state index contributed by atoms with van der Waals surface area (Å²) in [6, 6.07) is 11.7. The van der Waals surface area contributed by atoms with E-state index in [0.717, 1.165) is 19.0 Å². The molecule has 1 aromatic carbocycles. The lowest BCUT2D eigenvalue weighted by Crippen LogP contribution is -2.20. The third kappa shape index (κ3) is 3.51. The molecule has 21 heavy (non-hydrogen) atoms. The molecular formula is C17H17FN2O. The second kappa shape index (κ2) is 6.76. The first kappa shape index (κ1) is 14.9. The minimum absolute atomic E-state index is 0.321. The van der Waals surface area contributed by atoms with Gasteiger partial charge in [-0.3, -0.25) is 0 Å². The molecule has 108 valence electrons. The van der Waals surface area contributed by atoms with Gasteiger partial charge in [-0.25, -0.2) is 4.39 Å². The molecule has 0 N–H and O–H groups in total. The highest BCUT2D eigenvalue weighted by molar-refractivity contribution is 5.88. The second-order valence-electron chi connectivity index (χ2n) is 4.53. The quantitative estimate of drug-likeness (QED) is 0.767. The van der Waals surface area contributed by atoms with E-state index in [4.69, 9.17) is 4.42 Å². The van der Waals surface area contributed by atoms with Crippen molar-refractivity contribution in [2.45, 2.75) is 13.8 Å². The summed E-state index contributed by atoms with van der Waals surface area (Å²) in [6.07, 6.45) is 1.67. The number of allylic oxidation sites excluding steroid dienone is 1. The summed E-state index contributed by atoms with van der Waals surface area (Å²) in [6.45, 7) is 5.83. The van der Waals surface area contributed by atoms with Gasteiger partial charge >= 0.3 is 0 Å². The van der Waals surface area contributed by atoms with Crippen LogP contribution in [0.25, 0.3) is 11.6 Å². The van der Waals surface area contributed by atoms with E-state index in [2.05, 4.69) is 24.8 Å². The van der Waals surface area contributed by atoms with Crippen LogP contribution in [0.3, 0.4) is 0 Å². The fourth-order valence-corrected chi connectivity index (χ4v) is 2.08. The molecule has 3 nitrogen and oxygen atoms in total. The van der Waals surface area contributed by atoms with Crippen LogP contribution in [0.5, 0.6) is 0 Å². The monoisotopic (exact) mass is 284 g/mol. The highest BCUT2D eigenvalue weighted by atomic mass is 19.1. The van der Waals surface area contributed by atoms with Crippen molar-refractivity contribution in [3.63, 3.8) is 0 Å². The summed E-state index contributed by atoms with van der Waals surface area (Å²) >= 11 is 0. The van der Waals surface area contributed by atoms with Gasteiger partial charge in [0.15, 0.2) is 5.88 Å². The molecule has 0 amide bonds. The Hall–Kier alpha value is -2.54. The Morgan fingerprint density at radius 2 is 1.86 bits per heavy atom. The largest absolute Gasteiger partial charge is 0.441 e. The topological polar surface area (TPSA) is 40.2 Å². The van der Waals surface area contributed by atoms with Gasteiger partial charge in [-0.15, -0.1) is 0 Å². The number of rotatable bonds is 5. The van der Waals surface area contributed by atoms with Gasteiger partial charge in [0.1, 0.15) is 11.6 Å². The lowest BCUT2D eigenvalue weighted by atomic mass is 10.1. The third-order valence-corrected chi connectivity index (χ3v) is 3.25. The van der Waals surface area contributed by atoms with Gasteiger partial charge in [0.05, 0.1) is 11.6 Å². The van der Waals surface area contributed by atoms with Crippen LogP contribution in [0.4, 0.5) is 10.3 Å². The molecule has 2 aromatic rings. The Bertz CT molecular complexity index is 661. The Morgan fingerprint density at radius 1 is 1.19 bits per heavy atom. The van der Waals surface area contributed by atoms with Crippen LogP contribution in [0, 0.1) is 17.1 Å². The number of furan rings is 1. The van der Waals surface area contributed by atoms with E-state index >= 15 is 0 Å². The molecule has 0 radical (unpaired) electrons. The van der Waals surface area contributed by atoms with Crippen molar-refractivity contribution in [2.24, 2.45) is 0 Å². The van der Waals surface area contributed by atoms with Crippen molar-refractivity contribution in [1.29, 1.82) is 5.26 Å². The van der Waals surface area contributed by atoms with Crippen molar-refractivity contribution in [3.05, 3.63) is 53.5 Å². The summed E-state index contributed by atoms with van der Waals surface area (Å²) in [7, 11) is 0. The minimum Gasteiger partial charge on any atom is -0.441 e. The summed E-state index contributed by atoms with van der Waals surface area (Å²) in [5.41, 5.74) is 1.11. The average molecular weight is 284 g/mol. The molecule has 0 aliphatic carbocycles. The molecule has 0 atom stereocenters. The Labute approximate surface area is 123 Å². The number of nitrogens with zero attached hydrogens (tertiary/aromatic N) is 2. The standard InChI is InChI=1S/C17H17FN2O/c1-3-20(4-2)17-10-9-16(21-17)11-14(12-19)13-5-7-15(18)8-6-13/h5-11H,3-4H2,1-2H3. The maximum absolute atomic E-state index is 12.9. The summed E-state index contributed by atoms with van der Waals surface area (Å²) < 4.78 is 18.7. The fourth-order valence-electron chi connectivity index (χ4n) is 2.08. The molecule has 1 heterocycles. The first-order valence-corrected chi connectivity index (χ1v) is 6.90. The minimum atomic E-state index is -0.321. The lowest BCUT2D eigenvalue weighted by Gasteiger charge is -2.16. The molecule has 2 rings (SSSR count).